The molecule has 3 heteroatoms. The van der Waals surface area contributed by atoms with Crippen LogP contribution in [0.25, 0.3) is 0 Å². The lowest BCUT2D eigenvalue weighted by Gasteiger charge is -2.38. The van der Waals surface area contributed by atoms with E-state index in [2.05, 4.69) is 0 Å². The Morgan fingerprint density at radius 2 is 1.87 bits per heavy atom. The van der Waals surface area contributed by atoms with Crippen molar-refractivity contribution in [1.82, 2.24) is 4.90 Å². The summed E-state index contributed by atoms with van der Waals surface area (Å²) in [5.41, 5.74) is 5.65. The van der Waals surface area contributed by atoms with Gasteiger partial charge in [-0.05, 0) is 33.6 Å². The first-order chi connectivity index (χ1) is 7.01. The molecule has 0 aliphatic heterocycles. The van der Waals surface area contributed by atoms with Crippen LogP contribution in [0.3, 0.4) is 0 Å². The first-order valence-electron chi connectivity index (χ1n) is 6.11. The minimum absolute atomic E-state index is 0.153. The standard InChI is InChI=1S/C12H24N2O/c1-4-14(10(2)3)11(15)12(13)8-6-5-7-9-12/h10H,4-9,13H2,1-3H3. The van der Waals surface area contributed by atoms with Crippen LogP contribution in [0.15, 0.2) is 0 Å². The molecule has 0 spiro atoms. The van der Waals surface area contributed by atoms with E-state index in [-0.39, 0.29) is 11.9 Å². The Kier molecular flexibility index (Phi) is 4.14. The van der Waals surface area contributed by atoms with Crippen molar-refractivity contribution in [3.05, 3.63) is 0 Å². The molecule has 0 heterocycles. The predicted octanol–water partition coefficient (Wildman–Crippen LogP) is 1.90. The van der Waals surface area contributed by atoms with Gasteiger partial charge >= 0.3 is 0 Å². The van der Waals surface area contributed by atoms with Crippen LogP contribution in [0.1, 0.15) is 52.9 Å². The third-order valence-corrected chi connectivity index (χ3v) is 3.40. The van der Waals surface area contributed by atoms with Gasteiger partial charge in [-0.1, -0.05) is 19.3 Å². The summed E-state index contributed by atoms with van der Waals surface area (Å²) in [6, 6.07) is 0.254. The van der Waals surface area contributed by atoms with E-state index in [1.165, 1.54) is 6.42 Å². The SMILES string of the molecule is CCN(C(=O)C1(N)CCCCC1)C(C)C. The van der Waals surface area contributed by atoms with Crippen LogP contribution < -0.4 is 5.73 Å². The fourth-order valence-electron chi connectivity index (χ4n) is 2.43. The van der Waals surface area contributed by atoms with Gasteiger partial charge in [0.1, 0.15) is 0 Å². The summed E-state index contributed by atoms with van der Waals surface area (Å²) in [7, 11) is 0. The zero-order chi connectivity index (χ0) is 11.5. The zero-order valence-corrected chi connectivity index (χ0v) is 10.3. The molecule has 0 atom stereocenters. The number of carbonyl (C=O) groups is 1. The highest BCUT2D eigenvalue weighted by Gasteiger charge is 2.38. The Balaban J connectivity index is 2.71. The highest BCUT2D eigenvalue weighted by Crippen LogP contribution is 2.28. The largest absolute Gasteiger partial charge is 0.339 e. The third kappa shape index (κ3) is 2.71. The third-order valence-electron chi connectivity index (χ3n) is 3.40. The Labute approximate surface area is 93.0 Å². The van der Waals surface area contributed by atoms with Crippen LogP contribution in [-0.4, -0.2) is 28.9 Å². The summed E-state index contributed by atoms with van der Waals surface area (Å²) in [6.07, 6.45) is 5.12. The average molecular weight is 212 g/mol. The van der Waals surface area contributed by atoms with Gasteiger partial charge in [-0.2, -0.15) is 0 Å². The summed E-state index contributed by atoms with van der Waals surface area (Å²) in [6.45, 7) is 6.88. The van der Waals surface area contributed by atoms with E-state index >= 15 is 0 Å². The van der Waals surface area contributed by atoms with Crippen molar-refractivity contribution in [2.24, 2.45) is 5.73 Å². The smallest absolute Gasteiger partial charge is 0.242 e. The summed E-state index contributed by atoms with van der Waals surface area (Å²) in [4.78, 5) is 14.2. The number of hydrogen-bond donors (Lipinski definition) is 1. The summed E-state index contributed by atoms with van der Waals surface area (Å²) in [5, 5.41) is 0. The van der Waals surface area contributed by atoms with Crippen LogP contribution in [0.4, 0.5) is 0 Å². The second kappa shape index (κ2) is 4.97. The van der Waals surface area contributed by atoms with E-state index in [0.29, 0.717) is 0 Å². The molecule has 0 saturated heterocycles. The topological polar surface area (TPSA) is 46.3 Å². The van der Waals surface area contributed by atoms with Crippen LogP contribution in [-0.2, 0) is 4.79 Å². The second-order valence-electron chi connectivity index (χ2n) is 4.90. The molecule has 0 radical (unpaired) electrons. The van der Waals surface area contributed by atoms with Gasteiger partial charge in [0.15, 0.2) is 0 Å². The average Bonchev–Trinajstić information content (AvgIpc) is 2.19. The fraction of sp³-hybridized carbons (Fsp3) is 0.917. The number of rotatable bonds is 3. The van der Waals surface area contributed by atoms with Crippen molar-refractivity contribution in [3.63, 3.8) is 0 Å². The summed E-state index contributed by atoms with van der Waals surface area (Å²) in [5.74, 6) is 0.153. The van der Waals surface area contributed by atoms with Crippen molar-refractivity contribution >= 4 is 5.91 Å². The number of nitrogens with zero attached hydrogens (tertiary/aromatic N) is 1. The minimum atomic E-state index is -0.571. The highest BCUT2D eigenvalue weighted by atomic mass is 16.2. The summed E-state index contributed by atoms with van der Waals surface area (Å²) < 4.78 is 0. The van der Waals surface area contributed by atoms with E-state index < -0.39 is 5.54 Å². The molecule has 1 saturated carbocycles. The fourth-order valence-corrected chi connectivity index (χ4v) is 2.43. The molecule has 0 bridgehead atoms. The minimum Gasteiger partial charge on any atom is -0.339 e. The van der Waals surface area contributed by atoms with E-state index in [1.54, 1.807) is 0 Å². The Morgan fingerprint density at radius 1 is 1.33 bits per heavy atom. The van der Waals surface area contributed by atoms with Gasteiger partial charge in [0.2, 0.25) is 5.91 Å². The van der Waals surface area contributed by atoms with Gasteiger partial charge in [-0.3, -0.25) is 4.79 Å². The Bertz CT molecular complexity index is 220. The number of amides is 1. The molecule has 15 heavy (non-hydrogen) atoms. The van der Waals surface area contributed by atoms with Crippen LogP contribution in [0.5, 0.6) is 0 Å². The molecule has 1 fully saturated rings. The molecular weight excluding hydrogens is 188 g/mol. The molecule has 1 amide bonds. The molecule has 0 unspecified atom stereocenters. The second-order valence-corrected chi connectivity index (χ2v) is 4.90. The maximum absolute atomic E-state index is 12.3. The number of nitrogens with two attached hydrogens (primary N) is 1. The zero-order valence-electron chi connectivity index (χ0n) is 10.3. The van der Waals surface area contributed by atoms with E-state index in [1.807, 2.05) is 25.7 Å². The Morgan fingerprint density at radius 3 is 2.27 bits per heavy atom. The molecular formula is C12H24N2O. The van der Waals surface area contributed by atoms with Gasteiger partial charge in [0.05, 0.1) is 5.54 Å². The van der Waals surface area contributed by atoms with Gasteiger partial charge < -0.3 is 10.6 Å². The van der Waals surface area contributed by atoms with Crippen LogP contribution in [0.2, 0.25) is 0 Å². The lowest BCUT2D eigenvalue weighted by atomic mass is 9.81. The quantitative estimate of drug-likeness (QED) is 0.776. The van der Waals surface area contributed by atoms with Crippen molar-refractivity contribution in [1.29, 1.82) is 0 Å². The molecule has 1 rings (SSSR count). The number of carbonyl (C=O) groups excluding carboxylic acids is 1. The van der Waals surface area contributed by atoms with E-state index in [9.17, 15) is 4.79 Å². The molecule has 1 aliphatic rings. The molecule has 0 aromatic rings. The van der Waals surface area contributed by atoms with Crippen molar-refractivity contribution in [2.45, 2.75) is 64.5 Å². The van der Waals surface area contributed by atoms with Crippen LogP contribution >= 0.6 is 0 Å². The maximum atomic E-state index is 12.3. The molecule has 2 N–H and O–H groups in total. The van der Waals surface area contributed by atoms with E-state index in [0.717, 1.165) is 32.2 Å². The van der Waals surface area contributed by atoms with Crippen molar-refractivity contribution in [2.75, 3.05) is 6.54 Å². The normalized spacial score (nSPS) is 20.3. The Hall–Kier alpha value is -0.570. The predicted molar refractivity (Wildman–Crippen MR) is 62.5 cm³/mol. The van der Waals surface area contributed by atoms with Gasteiger partial charge in [0, 0.05) is 12.6 Å². The van der Waals surface area contributed by atoms with Gasteiger partial charge in [-0.25, -0.2) is 0 Å². The molecule has 88 valence electrons. The van der Waals surface area contributed by atoms with Crippen molar-refractivity contribution in [3.8, 4) is 0 Å². The molecule has 3 nitrogen and oxygen atoms in total. The maximum Gasteiger partial charge on any atom is 0.242 e. The van der Waals surface area contributed by atoms with E-state index in [4.69, 9.17) is 5.73 Å². The lowest BCUT2D eigenvalue weighted by molar-refractivity contribution is -0.139. The highest BCUT2D eigenvalue weighted by molar-refractivity contribution is 5.86. The monoisotopic (exact) mass is 212 g/mol. The first kappa shape index (κ1) is 12.5. The molecule has 1 aliphatic carbocycles. The van der Waals surface area contributed by atoms with Crippen molar-refractivity contribution < 1.29 is 4.79 Å². The molecule has 0 aromatic heterocycles. The van der Waals surface area contributed by atoms with Gasteiger partial charge in [-0.15, -0.1) is 0 Å². The van der Waals surface area contributed by atoms with Crippen LogP contribution in [0, 0.1) is 0 Å². The molecule has 0 aromatic carbocycles. The van der Waals surface area contributed by atoms with Gasteiger partial charge in [0.25, 0.3) is 0 Å². The number of likely N-dealkylation sites (N-methyl/N-ethyl adjacent to an activating group) is 1. The lowest BCUT2D eigenvalue weighted by Crippen LogP contribution is -2.57. The summed E-state index contributed by atoms with van der Waals surface area (Å²) >= 11 is 0. The first-order valence-corrected chi connectivity index (χ1v) is 6.11. The number of hydrogen-bond acceptors (Lipinski definition) is 2.